The molecule has 0 amide bonds. The van der Waals surface area contributed by atoms with Gasteiger partial charge in [-0.05, 0) is 33.4 Å². The highest BCUT2D eigenvalue weighted by atomic mass is 16.4. The van der Waals surface area contributed by atoms with Crippen molar-refractivity contribution in [2.45, 2.75) is 74.8 Å². The van der Waals surface area contributed by atoms with Crippen LogP contribution >= 0.6 is 0 Å². The summed E-state index contributed by atoms with van der Waals surface area (Å²) in [6.45, 7) is 0.709. The lowest BCUT2D eigenvalue weighted by atomic mass is 10.1. The number of carboxylic acids is 6. The molecule has 31 heteroatoms. The molecule has 0 bridgehead atoms. The van der Waals surface area contributed by atoms with Crippen molar-refractivity contribution in [2.24, 2.45) is 0 Å². The Labute approximate surface area is 573 Å². The smallest absolute Gasteiger partial charge is 0.326 e. The Morgan fingerprint density at radius 2 is 0.400 bits per heavy atom. The van der Waals surface area contributed by atoms with Gasteiger partial charge in [0.25, 0.3) is 0 Å². The lowest BCUT2D eigenvalue weighted by molar-refractivity contribution is -0.138. The zero-order valence-electron chi connectivity index (χ0n) is 53.9. The Morgan fingerprint density at radius 1 is 0.250 bits per heavy atom. The molecule has 0 aliphatic heterocycles. The molecular formula is C69H75N19O12. The standard InChI is InChI=1S/C69H75N19O12/c89-55(90)49(37-43-19-7-1-8-20-43)73-64-79-61(80-65(85-64)74-50(56(91)92)38-44-21-9-2-10-22-44)70-31-34-88(35-32-71-62-81-66(75-51(57(93)94)39-45-23-11-3-12-24-45)86-67(82-62)76-52(58(95)96)40-46-25-13-4-14-26-46)36-33-72-63-83-68(77-53(59(97)98)41-47-27-15-5-16-28-47)87-69(84-63)78-54(60(99)100)42-48-29-17-6-18-30-48/h1-30,49-54H,31-42H2,(H,89,90)(H,91,92)(H,93,94)(H,95,96)(H,97,98)(H,99,100)(H3,70,73,74,79,80,85)(H3,71,75,76,81,82,86)(H3,72,77,78,83,84,87)/t49-,50-,51-,52-,53-,54-/m0/s1. The van der Waals surface area contributed by atoms with Crippen LogP contribution in [0.3, 0.4) is 0 Å². The molecule has 0 aliphatic rings. The first-order chi connectivity index (χ1) is 48.4. The average Bonchev–Trinajstić information content (AvgIpc) is 0.851. The van der Waals surface area contributed by atoms with Gasteiger partial charge in [0.05, 0.1) is 0 Å². The molecule has 31 nitrogen and oxygen atoms in total. The fraction of sp³-hybridized carbons (Fsp3) is 0.261. The number of hydrogen-bond donors (Lipinski definition) is 15. The van der Waals surface area contributed by atoms with E-state index >= 15 is 0 Å². The van der Waals surface area contributed by atoms with E-state index in [0.29, 0.717) is 33.4 Å². The van der Waals surface area contributed by atoms with Crippen LogP contribution in [0.4, 0.5) is 53.5 Å². The molecule has 3 heterocycles. The van der Waals surface area contributed by atoms with Crippen LogP contribution in [0, 0.1) is 0 Å². The van der Waals surface area contributed by atoms with E-state index in [9.17, 15) is 59.4 Å². The highest BCUT2D eigenvalue weighted by Crippen LogP contribution is 2.20. The molecule has 9 aromatic rings. The molecular weight excluding hydrogens is 1290 g/mol. The van der Waals surface area contributed by atoms with Gasteiger partial charge in [-0.1, -0.05) is 182 Å². The van der Waals surface area contributed by atoms with Crippen molar-refractivity contribution in [3.63, 3.8) is 0 Å². The van der Waals surface area contributed by atoms with Gasteiger partial charge < -0.3 is 78.5 Å². The van der Waals surface area contributed by atoms with E-state index in [-0.39, 0.29) is 131 Å². The van der Waals surface area contributed by atoms with Crippen LogP contribution in [0.2, 0.25) is 0 Å². The fourth-order valence-corrected chi connectivity index (χ4v) is 10.3. The van der Waals surface area contributed by atoms with Crippen LogP contribution in [-0.2, 0) is 67.3 Å². The van der Waals surface area contributed by atoms with Crippen LogP contribution in [0.15, 0.2) is 182 Å². The summed E-state index contributed by atoms with van der Waals surface area (Å²) in [6, 6.07) is 45.9. The SMILES string of the molecule is O=C(O)[C@H](Cc1ccccc1)Nc1nc(NCCN(CCNc2nc(N[C@@H](Cc3ccccc3)C(=O)O)nc(N[C@@H](Cc3ccccc3)C(=O)O)n2)CCNc2nc(N[C@@H](Cc3ccccc3)C(=O)O)nc(N[C@@H](Cc3ccccc3)C(=O)O)n2)nc(N[C@@H](Cc2ccccc2)C(=O)O)n1. The summed E-state index contributed by atoms with van der Waals surface area (Å²) in [5, 5.41) is 89.2. The van der Waals surface area contributed by atoms with Crippen molar-refractivity contribution in [3.8, 4) is 0 Å². The van der Waals surface area contributed by atoms with E-state index < -0.39 is 72.1 Å². The van der Waals surface area contributed by atoms with Crippen molar-refractivity contribution in [1.82, 2.24) is 49.8 Å². The number of nitrogens with zero attached hydrogens (tertiary/aromatic N) is 10. The number of carbonyl (C=O) groups is 6. The summed E-state index contributed by atoms with van der Waals surface area (Å²) in [4.78, 5) is 119. The van der Waals surface area contributed by atoms with Gasteiger partial charge in [-0.25, -0.2) is 28.8 Å². The van der Waals surface area contributed by atoms with Gasteiger partial charge in [0.1, 0.15) is 36.3 Å². The van der Waals surface area contributed by atoms with Gasteiger partial charge >= 0.3 is 35.8 Å². The predicted molar refractivity (Wildman–Crippen MR) is 373 cm³/mol. The zero-order valence-corrected chi connectivity index (χ0v) is 53.9. The highest BCUT2D eigenvalue weighted by molar-refractivity contribution is 5.80. The first-order valence-corrected chi connectivity index (χ1v) is 31.8. The fourth-order valence-electron chi connectivity index (χ4n) is 10.3. The molecule has 15 N–H and O–H groups in total. The molecule has 0 radical (unpaired) electrons. The van der Waals surface area contributed by atoms with E-state index in [1.807, 2.05) is 4.90 Å². The monoisotopic (exact) mass is 1360 g/mol. The van der Waals surface area contributed by atoms with Crippen molar-refractivity contribution >= 4 is 89.4 Å². The quantitative estimate of drug-likeness (QED) is 0.0214. The van der Waals surface area contributed by atoms with Gasteiger partial charge in [0.2, 0.25) is 53.5 Å². The molecule has 0 saturated carbocycles. The lowest BCUT2D eigenvalue weighted by Crippen LogP contribution is -2.37. The van der Waals surface area contributed by atoms with Gasteiger partial charge in [-0.2, -0.15) is 44.9 Å². The Bertz CT molecular complexity index is 3470. The summed E-state index contributed by atoms with van der Waals surface area (Å²) in [5.41, 5.74) is 4.21. The number of hydrogen-bond acceptors (Lipinski definition) is 25. The molecule has 0 spiro atoms. The number of benzene rings is 6. The largest absolute Gasteiger partial charge is 0.480 e. The average molecular weight is 1360 g/mol. The van der Waals surface area contributed by atoms with Gasteiger partial charge in [0, 0.05) is 77.8 Å². The minimum absolute atomic E-state index is 0.0268. The third kappa shape index (κ3) is 23.3. The minimum Gasteiger partial charge on any atom is -0.480 e. The topological polar surface area (TPSA) is 451 Å². The number of rotatable bonds is 42. The van der Waals surface area contributed by atoms with Crippen molar-refractivity contribution in [3.05, 3.63) is 215 Å². The Kier molecular flexibility index (Phi) is 26.1. The molecule has 0 saturated heterocycles. The maximum absolute atomic E-state index is 12.8. The molecule has 3 aromatic heterocycles. The molecule has 9 rings (SSSR count). The molecule has 0 aliphatic carbocycles. The first-order valence-electron chi connectivity index (χ1n) is 31.8. The second-order valence-corrected chi connectivity index (χ2v) is 22.9. The van der Waals surface area contributed by atoms with Crippen LogP contribution in [0.25, 0.3) is 0 Å². The van der Waals surface area contributed by atoms with E-state index in [4.69, 9.17) is 0 Å². The van der Waals surface area contributed by atoms with E-state index in [1.54, 1.807) is 182 Å². The molecule has 518 valence electrons. The molecule has 0 fully saturated rings. The molecule has 6 aromatic carbocycles. The number of anilines is 9. The number of nitrogens with one attached hydrogen (secondary N) is 9. The van der Waals surface area contributed by atoms with Gasteiger partial charge in [-0.3, -0.25) is 4.90 Å². The maximum Gasteiger partial charge on any atom is 0.326 e. The van der Waals surface area contributed by atoms with Crippen molar-refractivity contribution in [2.75, 3.05) is 87.1 Å². The van der Waals surface area contributed by atoms with Crippen LogP contribution in [0.1, 0.15) is 33.4 Å². The second-order valence-electron chi connectivity index (χ2n) is 22.9. The van der Waals surface area contributed by atoms with E-state index in [2.05, 4.69) is 92.7 Å². The second kappa shape index (κ2) is 36.4. The van der Waals surface area contributed by atoms with E-state index in [1.165, 1.54) is 0 Å². The first kappa shape index (κ1) is 71.6. The Balaban J connectivity index is 1.01. The summed E-state index contributed by atoms with van der Waals surface area (Å²) in [6.07, 6.45) is 0.161. The number of carboxylic acid groups (broad SMARTS) is 6. The molecule has 100 heavy (non-hydrogen) atoms. The number of aliphatic carboxylic acids is 6. The maximum atomic E-state index is 12.8. The van der Waals surface area contributed by atoms with Crippen LogP contribution < -0.4 is 47.9 Å². The third-order valence-corrected chi connectivity index (χ3v) is 15.3. The van der Waals surface area contributed by atoms with Crippen molar-refractivity contribution < 1.29 is 59.4 Å². The van der Waals surface area contributed by atoms with Crippen LogP contribution in [0.5, 0.6) is 0 Å². The summed E-state index contributed by atoms with van der Waals surface area (Å²) < 4.78 is 0. The Hall–Kier alpha value is -12.7. The van der Waals surface area contributed by atoms with E-state index in [0.717, 1.165) is 0 Å². The van der Waals surface area contributed by atoms with Gasteiger partial charge in [-0.15, -0.1) is 0 Å². The van der Waals surface area contributed by atoms with Crippen LogP contribution in [-0.4, -0.2) is 192 Å². The predicted octanol–water partition coefficient (Wildman–Crippen LogP) is 5.83. The summed E-state index contributed by atoms with van der Waals surface area (Å²) in [7, 11) is 0. The van der Waals surface area contributed by atoms with Gasteiger partial charge in [0.15, 0.2) is 0 Å². The summed E-state index contributed by atoms with van der Waals surface area (Å²) >= 11 is 0. The van der Waals surface area contributed by atoms with Crippen molar-refractivity contribution in [1.29, 1.82) is 0 Å². The Morgan fingerprint density at radius 3 is 0.550 bits per heavy atom. The molecule has 0 unspecified atom stereocenters. The molecule has 6 atom stereocenters. The number of aromatic nitrogens is 9. The lowest BCUT2D eigenvalue weighted by Gasteiger charge is -2.24. The highest BCUT2D eigenvalue weighted by Gasteiger charge is 2.28. The minimum atomic E-state index is -1.24. The zero-order chi connectivity index (χ0) is 70.6. The normalized spacial score (nSPS) is 12.8. The third-order valence-electron chi connectivity index (χ3n) is 15.3. The summed E-state index contributed by atoms with van der Waals surface area (Å²) in [5.74, 6) is -8.64.